The third-order valence-corrected chi connectivity index (χ3v) is 15.3. The van der Waals surface area contributed by atoms with E-state index in [-0.39, 0.29) is 10.8 Å². The first-order valence-electron chi connectivity index (χ1n) is 22.9. The highest BCUT2D eigenvalue weighted by Gasteiger charge is 2.52. The Morgan fingerprint density at radius 2 is 0.871 bits per heavy atom. The fraction of sp³-hybridized carbons (Fsp3) is 0.213. The molecule has 0 heterocycles. The normalized spacial score (nSPS) is 16.7. The van der Waals surface area contributed by atoms with Gasteiger partial charge in [-0.1, -0.05) is 167 Å². The maximum atomic E-state index is 2.62. The molecule has 1 spiro atoms. The van der Waals surface area contributed by atoms with Gasteiger partial charge in [0.2, 0.25) is 0 Å². The molecule has 0 saturated heterocycles. The van der Waals surface area contributed by atoms with E-state index in [1.807, 2.05) is 0 Å². The third-order valence-electron chi connectivity index (χ3n) is 15.3. The van der Waals surface area contributed by atoms with Crippen molar-refractivity contribution >= 4 is 17.1 Å². The second kappa shape index (κ2) is 13.8. The number of hydrogen-bond acceptors (Lipinski definition) is 1. The van der Waals surface area contributed by atoms with Crippen LogP contribution >= 0.6 is 0 Å². The fourth-order valence-electron chi connectivity index (χ4n) is 12.1. The molecule has 0 fully saturated rings. The van der Waals surface area contributed by atoms with Crippen molar-refractivity contribution in [1.29, 1.82) is 0 Å². The Morgan fingerprint density at radius 3 is 1.48 bits per heavy atom. The lowest BCUT2D eigenvalue weighted by atomic mass is 9.63. The van der Waals surface area contributed by atoms with E-state index in [0.29, 0.717) is 0 Å². The van der Waals surface area contributed by atoms with Gasteiger partial charge in [-0.2, -0.15) is 0 Å². The zero-order valence-corrected chi connectivity index (χ0v) is 36.4. The number of hydrogen-bond donors (Lipinski definition) is 0. The smallest absolute Gasteiger partial charge is 0.0726 e. The minimum atomic E-state index is -0.464. The van der Waals surface area contributed by atoms with Crippen molar-refractivity contribution in [3.05, 3.63) is 220 Å². The second-order valence-electron chi connectivity index (χ2n) is 19.7. The van der Waals surface area contributed by atoms with Crippen LogP contribution < -0.4 is 4.90 Å². The Balaban J connectivity index is 1.23. The SMILES string of the molecule is CC1(C)CCC(C)(C)c2cc(N(c3ccccc3)c3cc4c(cc3-c3cc5c(cc3-c3ccccc3)CCCC5)-c3ccccc3C43c4ccccc4-c4ccccc43)ccc21. The Kier molecular flexibility index (Phi) is 8.30. The van der Waals surface area contributed by atoms with Crippen molar-refractivity contribution in [2.45, 2.75) is 82.5 Å². The molecule has 4 aliphatic carbocycles. The number of rotatable bonds is 5. The van der Waals surface area contributed by atoms with Crippen molar-refractivity contribution in [3.8, 4) is 44.5 Å². The number of nitrogens with zero attached hydrogens (tertiary/aromatic N) is 1. The highest BCUT2D eigenvalue weighted by Crippen LogP contribution is 2.64. The number of anilines is 3. The van der Waals surface area contributed by atoms with Crippen LogP contribution in [0.5, 0.6) is 0 Å². The van der Waals surface area contributed by atoms with Gasteiger partial charge >= 0.3 is 0 Å². The van der Waals surface area contributed by atoms with E-state index in [9.17, 15) is 0 Å². The summed E-state index contributed by atoms with van der Waals surface area (Å²) in [7, 11) is 0. The Hall–Kier alpha value is -6.44. The van der Waals surface area contributed by atoms with Crippen molar-refractivity contribution in [2.75, 3.05) is 4.90 Å². The second-order valence-corrected chi connectivity index (χ2v) is 19.7. The predicted molar refractivity (Wildman–Crippen MR) is 260 cm³/mol. The Morgan fingerprint density at radius 1 is 0.355 bits per heavy atom. The highest BCUT2D eigenvalue weighted by molar-refractivity contribution is 6.02. The summed E-state index contributed by atoms with van der Waals surface area (Å²) < 4.78 is 0. The third kappa shape index (κ3) is 5.40. The van der Waals surface area contributed by atoms with Crippen molar-refractivity contribution in [1.82, 2.24) is 0 Å². The number of para-hydroxylation sites is 1. The average molecular weight is 800 g/mol. The van der Waals surface area contributed by atoms with Gasteiger partial charge in [0.25, 0.3) is 0 Å². The van der Waals surface area contributed by atoms with Gasteiger partial charge in [-0.25, -0.2) is 0 Å². The molecule has 0 N–H and O–H groups in total. The summed E-state index contributed by atoms with van der Waals surface area (Å²) in [6.45, 7) is 9.77. The van der Waals surface area contributed by atoms with Gasteiger partial charge < -0.3 is 4.90 Å². The molecule has 0 atom stereocenters. The first-order valence-corrected chi connectivity index (χ1v) is 22.9. The van der Waals surface area contributed by atoms with Crippen LogP contribution in [0.4, 0.5) is 17.1 Å². The van der Waals surface area contributed by atoms with E-state index in [1.54, 1.807) is 0 Å². The molecule has 1 heteroatoms. The van der Waals surface area contributed by atoms with Gasteiger partial charge in [0, 0.05) is 16.9 Å². The van der Waals surface area contributed by atoms with E-state index in [1.165, 1.54) is 126 Å². The summed E-state index contributed by atoms with van der Waals surface area (Å²) in [5, 5.41) is 0. The summed E-state index contributed by atoms with van der Waals surface area (Å²) in [6, 6.07) is 67.8. The van der Waals surface area contributed by atoms with E-state index < -0.39 is 5.41 Å². The zero-order valence-electron chi connectivity index (χ0n) is 36.4. The molecular weight excluding hydrogens is 747 g/mol. The summed E-state index contributed by atoms with van der Waals surface area (Å²) in [5.74, 6) is 0. The Bertz CT molecular complexity index is 3030. The van der Waals surface area contributed by atoms with Crippen LogP contribution in [0.3, 0.4) is 0 Å². The van der Waals surface area contributed by atoms with E-state index in [4.69, 9.17) is 0 Å². The quantitative estimate of drug-likeness (QED) is 0.168. The molecule has 0 bridgehead atoms. The average Bonchev–Trinajstić information content (AvgIpc) is 3.77. The lowest BCUT2D eigenvalue weighted by molar-refractivity contribution is 0.332. The maximum Gasteiger partial charge on any atom is 0.0726 e. The minimum absolute atomic E-state index is 0.0614. The molecule has 0 saturated carbocycles. The largest absolute Gasteiger partial charge is 0.310 e. The van der Waals surface area contributed by atoms with Crippen LogP contribution in [0.15, 0.2) is 176 Å². The van der Waals surface area contributed by atoms with E-state index in [2.05, 4.69) is 209 Å². The fourth-order valence-corrected chi connectivity index (χ4v) is 12.1. The van der Waals surface area contributed by atoms with Crippen molar-refractivity contribution in [3.63, 3.8) is 0 Å². The molecule has 0 aliphatic heterocycles. The molecule has 0 unspecified atom stereocenters. The molecule has 0 aromatic heterocycles. The van der Waals surface area contributed by atoms with Gasteiger partial charge in [-0.15, -0.1) is 0 Å². The summed E-state index contributed by atoms with van der Waals surface area (Å²) in [6.07, 6.45) is 7.10. The lowest BCUT2D eigenvalue weighted by Crippen LogP contribution is -2.34. The number of aryl methyl sites for hydroxylation is 2. The van der Waals surface area contributed by atoms with Gasteiger partial charge in [0.1, 0.15) is 0 Å². The van der Waals surface area contributed by atoms with E-state index in [0.717, 1.165) is 18.5 Å². The first kappa shape index (κ1) is 37.3. The van der Waals surface area contributed by atoms with Crippen molar-refractivity contribution < 1.29 is 0 Å². The van der Waals surface area contributed by atoms with Crippen LogP contribution in [-0.2, 0) is 29.1 Å². The van der Waals surface area contributed by atoms with Crippen molar-refractivity contribution in [2.24, 2.45) is 0 Å². The monoisotopic (exact) mass is 799 g/mol. The first-order chi connectivity index (χ1) is 30.2. The highest BCUT2D eigenvalue weighted by atomic mass is 15.1. The zero-order chi connectivity index (χ0) is 41.8. The van der Waals surface area contributed by atoms with Crippen LogP contribution in [0.25, 0.3) is 44.5 Å². The summed E-state index contributed by atoms with van der Waals surface area (Å²) >= 11 is 0. The molecule has 8 aromatic rings. The molecule has 0 amide bonds. The summed E-state index contributed by atoms with van der Waals surface area (Å²) in [4.78, 5) is 2.60. The molecule has 8 aromatic carbocycles. The van der Waals surface area contributed by atoms with Gasteiger partial charge in [0.15, 0.2) is 0 Å². The van der Waals surface area contributed by atoms with Gasteiger partial charge in [-0.3, -0.25) is 0 Å². The predicted octanol–water partition coefficient (Wildman–Crippen LogP) is 16.1. The summed E-state index contributed by atoms with van der Waals surface area (Å²) in [5.41, 5.74) is 25.2. The lowest BCUT2D eigenvalue weighted by Gasteiger charge is -2.42. The molecule has 12 rings (SSSR count). The molecular formula is C61H53N. The number of fused-ring (bicyclic) bond motifs is 12. The maximum absolute atomic E-state index is 2.62. The molecule has 62 heavy (non-hydrogen) atoms. The Labute approximate surface area is 367 Å². The molecule has 0 radical (unpaired) electrons. The molecule has 302 valence electrons. The minimum Gasteiger partial charge on any atom is -0.310 e. The van der Waals surface area contributed by atoms with Crippen LogP contribution in [0, 0.1) is 0 Å². The van der Waals surface area contributed by atoms with Crippen LogP contribution in [0.2, 0.25) is 0 Å². The molecule has 1 nitrogen and oxygen atoms in total. The topological polar surface area (TPSA) is 3.24 Å². The van der Waals surface area contributed by atoms with E-state index >= 15 is 0 Å². The van der Waals surface area contributed by atoms with Crippen LogP contribution in [0.1, 0.15) is 97.9 Å². The molecule has 4 aliphatic rings. The standard InChI is InChI=1S/C61H53N/c1-59(2)33-34-60(3,4)57-37-44(31-32-55(57)59)62(43-23-9-6-10-24-43)58-39-56-50(38-51(58)49-36-42-22-12-11-21-41(42)35-48(49)40-19-7-5-8-20-40)47-27-15-18-30-54(47)61(56)52-28-16-13-25-45(52)46-26-14-17-29-53(46)61/h5-10,13-20,23-32,35-39H,11-12,21-22,33-34H2,1-4H3. The van der Waals surface area contributed by atoms with Gasteiger partial charge in [-0.05, 0) is 169 Å². The van der Waals surface area contributed by atoms with Crippen LogP contribution in [-0.4, -0.2) is 0 Å². The van der Waals surface area contributed by atoms with Gasteiger partial charge in [0.05, 0.1) is 11.1 Å². The number of benzene rings is 8.